The first kappa shape index (κ1) is 20.3. The van der Waals surface area contributed by atoms with Crippen molar-refractivity contribution in [3.8, 4) is 0 Å². The molecule has 148 valence electrons. The Morgan fingerprint density at radius 2 is 2.22 bits per heavy atom. The van der Waals surface area contributed by atoms with E-state index in [-0.39, 0.29) is 23.5 Å². The summed E-state index contributed by atoms with van der Waals surface area (Å²) < 4.78 is 25.6. The normalized spacial score (nSPS) is 19.5. The summed E-state index contributed by atoms with van der Waals surface area (Å²) in [6.07, 6.45) is 6.24. The van der Waals surface area contributed by atoms with Gasteiger partial charge in [0.15, 0.2) is 20.0 Å². The fraction of sp³-hybridized carbons (Fsp3) is 0.529. The van der Waals surface area contributed by atoms with E-state index in [4.69, 9.17) is 11.6 Å². The Bertz CT molecular complexity index is 949. The minimum absolute atomic E-state index is 0.0385. The lowest BCUT2D eigenvalue weighted by molar-refractivity contribution is -0.127. The third kappa shape index (κ3) is 4.90. The van der Waals surface area contributed by atoms with Crippen molar-refractivity contribution in [3.63, 3.8) is 0 Å². The first-order chi connectivity index (χ1) is 12.8. The molecule has 0 aromatic carbocycles. The van der Waals surface area contributed by atoms with Crippen LogP contribution in [-0.4, -0.2) is 78.2 Å². The number of nitrogens with zero attached hydrogens (tertiary/aromatic N) is 4. The molecule has 2 aromatic heterocycles. The highest BCUT2D eigenvalue weighted by atomic mass is 35.5. The van der Waals surface area contributed by atoms with Crippen molar-refractivity contribution in [2.24, 2.45) is 0 Å². The van der Waals surface area contributed by atoms with Gasteiger partial charge in [-0.2, -0.15) is 0 Å². The Morgan fingerprint density at radius 3 is 2.89 bits per heavy atom. The van der Waals surface area contributed by atoms with Gasteiger partial charge in [0.25, 0.3) is 0 Å². The second-order valence-corrected chi connectivity index (χ2v) is 10.4. The van der Waals surface area contributed by atoms with Gasteiger partial charge in [0.1, 0.15) is 0 Å². The highest BCUT2D eigenvalue weighted by molar-refractivity contribution is 7.91. The number of aromatic nitrogens is 2. The van der Waals surface area contributed by atoms with Crippen LogP contribution >= 0.6 is 22.9 Å². The molecular weight excluding hydrogens is 408 g/mol. The first-order valence-corrected chi connectivity index (χ1v) is 11.8. The molecule has 10 heteroatoms. The van der Waals surface area contributed by atoms with Gasteiger partial charge in [0, 0.05) is 30.2 Å². The number of hydrogen-bond donors (Lipinski definition) is 0. The summed E-state index contributed by atoms with van der Waals surface area (Å²) in [4.78, 5) is 21.6. The summed E-state index contributed by atoms with van der Waals surface area (Å²) in [7, 11) is 0.880. The molecule has 1 aliphatic heterocycles. The van der Waals surface area contributed by atoms with Gasteiger partial charge < -0.3 is 9.80 Å². The maximum Gasteiger partial charge on any atom is 0.246 e. The summed E-state index contributed by atoms with van der Waals surface area (Å²) in [6, 6.07) is -0.267. The maximum absolute atomic E-state index is 12.9. The molecule has 3 rings (SSSR count). The molecular formula is C17H23ClN4O3S2. The molecule has 0 spiro atoms. The zero-order valence-electron chi connectivity index (χ0n) is 15.3. The van der Waals surface area contributed by atoms with Crippen LogP contribution in [0.1, 0.15) is 18.5 Å². The van der Waals surface area contributed by atoms with E-state index in [0.29, 0.717) is 23.8 Å². The van der Waals surface area contributed by atoms with Crippen molar-refractivity contribution in [3.05, 3.63) is 28.5 Å². The van der Waals surface area contributed by atoms with Gasteiger partial charge in [-0.3, -0.25) is 9.20 Å². The number of imidazole rings is 1. The number of sulfone groups is 1. The molecule has 0 radical (unpaired) electrons. The van der Waals surface area contributed by atoms with Crippen LogP contribution in [0, 0.1) is 0 Å². The monoisotopic (exact) mass is 430 g/mol. The van der Waals surface area contributed by atoms with E-state index in [2.05, 4.69) is 4.98 Å². The van der Waals surface area contributed by atoms with Crippen LogP contribution in [0.3, 0.4) is 0 Å². The fourth-order valence-corrected chi connectivity index (χ4v) is 5.96. The summed E-state index contributed by atoms with van der Waals surface area (Å²) in [5, 5.41) is 2.24. The van der Waals surface area contributed by atoms with Gasteiger partial charge in [-0.05, 0) is 39.6 Å². The third-order valence-electron chi connectivity index (χ3n) is 4.57. The van der Waals surface area contributed by atoms with Gasteiger partial charge in [-0.25, -0.2) is 13.4 Å². The van der Waals surface area contributed by atoms with Gasteiger partial charge in [-0.1, -0.05) is 11.6 Å². The number of hydrogen-bond acceptors (Lipinski definition) is 6. The standard InChI is InChI=1S/C17H23ClN4O3S2/c1-20(2)7-3-8-21(13-6-11-27(24,25)12-13)15(23)5-4-14-16(18)19-17-22(14)9-10-26-17/h4-5,9-10,13H,3,6-8,11-12H2,1-2H3/b5-4+. The van der Waals surface area contributed by atoms with Crippen molar-refractivity contribution in [1.82, 2.24) is 19.2 Å². The average Bonchev–Trinajstić information content (AvgIpc) is 3.24. The molecule has 0 N–H and O–H groups in total. The van der Waals surface area contributed by atoms with E-state index in [9.17, 15) is 13.2 Å². The molecule has 1 saturated heterocycles. The Labute approximate surface area is 168 Å². The summed E-state index contributed by atoms with van der Waals surface area (Å²) >= 11 is 7.63. The zero-order valence-corrected chi connectivity index (χ0v) is 17.7. The van der Waals surface area contributed by atoms with E-state index in [1.54, 1.807) is 11.0 Å². The van der Waals surface area contributed by atoms with E-state index < -0.39 is 9.84 Å². The molecule has 0 aliphatic carbocycles. The lowest BCUT2D eigenvalue weighted by atomic mass is 10.2. The van der Waals surface area contributed by atoms with Gasteiger partial charge in [-0.15, -0.1) is 11.3 Å². The SMILES string of the molecule is CN(C)CCCN(C(=O)/C=C/c1c(Cl)nc2sccn12)C1CCS(=O)(=O)C1. The number of rotatable bonds is 7. The molecule has 1 amide bonds. The molecule has 27 heavy (non-hydrogen) atoms. The molecule has 0 bridgehead atoms. The van der Waals surface area contributed by atoms with Crippen LogP contribution in [0.2, 0.25) is 5.15 Å². The first-order valence-electron chi connectivity index (χ1n) is 8.72. The van der Waals surface area contributed by atoms with Crippen molar-refractivity contribution < 1.29 is 13.2 Å². The quantitative estimate of drug-likeness (QED) is 0.628. The van der Waals surface area contributed by atoms with E-state index in [0.717, 1.165) is 17.9 Å². The van der Waals surface area contributed by atoms with Crippen LogP contribution in [0.25, 0.3) is 11.0 Å². The van der Waals surface area contributed by atoms with Gasteiger partial charge >= 0.3 is 0 Å². The topological polar surface area (TPSA) is 75.0 Å². The van der Waals surface area contributed by atoms with E-state index in [1.165, 1.54) is 17.4 Å². The lowest BCUT2D eigenvalue weighted by Crippen LogP contribution is -2.41. The minimum Gasteiger partial charge on any atom is -0.335 e. The Balaban J connectivity index is 1.77. The lowest BCUT2D eigenvalue weighted by Gasteiger charge is -2.27. The number of fused-ring (bicyclic) bond motifs is 1. The summed E-state index contributed by atoms with van der Waals surface area (Å²) in [5.41, 5.74) is 0.647. The minimum atomic E-state index is -3.06. The number of halogens is 1. The Kier molecular flexibility index (Phi) is 6.25. The van der Waals surface area contributed by atoms with Crippen LogP contribution in [0.15, 0.2) is 17.7 Å². The fourth-order valence-electron chi connectivity index (χ4n) is 3.22. The Hall–Kier alpha value is -1.42. The molecule has 3 heterocycles. The number of carbonyl (C=O) groups excluding carboxylic acids is 1. The molecule has 1 atom stereocenters. The molecule has 2 aromatic rings. The predicted octanol–water partition coefficient (Wildman–Crippen LogP) is 2.03. The van der Waals surface area contributed by atoms with Crippen molar-refractivity contribution in [1.29, 1.82) is 0 Å². The molecule has 1 fully saturated rings. The van der Waals surface area contributed by atoms with E-state index >= 15 is 0 Å². The number of amides is 1. The van der Waals surface area contributed by atoms with Gasteiger partial charge in [0.2, 0.25) is 5.91 Å². The van der Waals surface area contributed by atoms with Crippen molar-refractivity contribution >= 4 is 49.7 Å². The number of thiazole rings is 1. The smallest absolute Gasteiger partial charge is 0.246 e. The maximum atomic E-state index is 12.9. The van der Waals surface area contributed by atoms with E-state index in [1.807, 2.05) is 35.0 Å². The van der Waals surface area contributed by atoms with Crippen LogP contribution in [0.4, 0.5) is 0 Å². The van der Waals surface area contributed by atoms with Crippen molar-refractivity contribution in [2.45, 2.75) is 18.9 Å². The van der Waals surface area contributed by atoms with Crippen LogP contribution in [0.5, 0.6) is 0 Å². The van der Waals surface area contributed by atoms with Crippen LogP contribution in [-0.2, 0) is 14.6 Å². The summed E-state index contributed by atoms with van der Waals surface area (Å²) in [5.74, 6) is -0.0170. The Morgan fingerprint density at radius 1 is 1.44 bits per heavy atom. The van der Waals surface area contributed by atoms with Crippen molar-refractivity contribution in [2.75, 3.05) is 38.7 Å². The summed E-state index contributed by atoms with van der Waals surface area (Å²) in [6.45, 7) is 1.35. The second kappa shape index (κ2) is 8.30. The molecule has 7 nitrogen and oxygen atoms in total. The highest BCUT2D eigenvalue weighted by Crippen LogP contribution is 2.23. The number of carbonyl (C=O) groups is 1. The second-order valence-electron chi connectivity index (χ2n) is 6.92. The highest BCUT2D eigenvalue weighted by Gasteiger charge is 2.33. The molecule has 0 saturated carbocycles. The average molecular weight is 431 g/mol. The van der Waals surface area contributed by atoms with Gasteiger partial charge in [0.05, 0.1) is 17.2 Å². The predicted molar refractivity (Wildman–Crippen MR) is 109 cm³/mol. The molecule has 1 aliphatic rings. The largest absolute Gasteiger partial charge is 0.335 e. The van der Waals surface area contributed by atoms with Crippen LogP contribution < -0.4 is 0 Å². The third-order valence-corrected chi connectivity index (χ3v) is 7.36. The zero-order chi connectivity index (χ0) is 19.6. The molecule has 1 unspecified atom stereocenters.